The van der Waals surface area contributed by atoms with Crippen molar-refractivity contribution < 1.29 is 18.9 Å². The first-order valence-electron chi connectivity index (χ1n) is 9.39. The molecular formula is C22H17N3O5S. The van der Waals surface area contributed by atoms with Crippen LogP contribution < -0.4 is 10.1 Å². The third-order valence-corrected chi connectivity index (χ3v) is 5.11. The first-order valence-corrected chi connectivity index (χ1v) is 10.2. The number of nitro groups is 1. The van der Waals surface area contributed by atoms with Crippen molar-refractivity contribution in [1.82, 2.24) is 5.32 Å². The predicted octanol–water partition coefficient (Wildman–Crippen LogP) is 5.78. The fourth-order valence-corrected chi connectivity index (χ4v) is 3.63. The van der Waals surface area contributed by atoms with Gasteiger partial charge in [0.1, 0.15) is 23.1 Å². The summed E-state index contributed by atoms with van der Waals surface area (Å²) in [5.41, 5.74) is 1.25. The Balaban J connectivity index is 1.59. The first kappa shape index (κ1) is 20.4. The number of hydrogen-bond acceptors (Lipinski definition) is 7. The molecule has 8 nitrogen and oxygen atoms in total. The van der Waals surface area contributed by atoms with E-state index in [1.54, 1.807) is 42.5 Å². The van der Waals surface area contributed by atoms with E-state index in [2.05, 4.69) is 10.3 Å². The summed E-state index contributed by atoms with van der Waals surface area (Å²) in [4.78, 5) is 27.6. The Morgan fingerprint density at radius 3 is 2.74 bits per heavy atom. The van der Waals surface area contributed by atoms with Crippen LogP contribution in [0.4, 0.5) is 16.2 Å². The average molecular weight is 435 g/mol. The molecule has 156 valence electrons. The molecule has 1 amide bonds. The van der Waals surface area contributed by atoms with Crippen molar-refractivity contribution in [3.8, 4) is 17.1 Å². The third kappa shape index (κ3) is 4.84. The maximum Gasteiger partial charge on any atom is 0.289 e. The number of nitro benzene ring substituents is 1. The lowest BCUT2D eigenvalue weighted by molar-refractivity contribution is -0.384. The number of aliphatic imine (C=N–C) groups is 1. The van der Waals surface area contributed by atoms with Crippen LogP contribution in [0.3, 0.4) is 0 Å². The Bertz CT molecular complexity index is 1200. The smallest absolute Gasteiger partial charge is 0.289 e. The fraction of sp³-hybridized carbons (Fsp3) is 0.0909. The van der Waals surface area contributed by atoms with Crippen LogP contribution in [0.15, 0.2) is 75.0 Å². The lowest BCUT2D eigenvalue weighted by Gasteiger charge is -2.03. The lowest BCUT2D eigenvalue weighted by Crippen LogP contribution is -2.18. The molecule has 1 aromatic heterocycles. The Labute approximate surface area is 181 Å². The summed E-state index contributed by atoms with van der Waals surface area (Å²) in [5.74, 6) is 2.16. The van der Waals surface area contributed by atoms with Gasteiger partial charge in [-0.25, -0.2) is 4.99 Å². The quantitative estimate of drug-likeness (QED) is 0.388. The van der Waals surface area contributed by atoms with Gasteiger partial charge in [0.25, 0.3) is 10.9 Å². The summed E-state index contributed by atoms with van der Waals surface area (Å²) >= 11 is 1.02. The minimum Gasteiger partial charge on any atom is -0.494 e. The van der Waals surface area contributed by atoms with Crippen LogP contribution in [0.1, 0.15) is 12.7 Å². The van der Waals surface area contributed by atoms with Crippen LogP contribution in [0.25, 0.3) is 17.4 Å². The largest absolute Gasteiger partial charge is 0.494 e. The molecule has 1 saturated heterocycles. The van der Waals surface area contributed by atoms with Crippen molar-refractivity contribution in [2.24, 2.45) is 4.99 Å². The second-order valence-electron chi connectivity index (χ2n) is 6.42. The van der Waals surface area contributed by atoms with Crippen molar-refractivity contribution in [2.75, 3.05) is 6.61 Å². The number of benzene rings is 2. The molecule has 0 spiro atoms. The number of non-ortho nitro benzene ring substituents is 1. The van der Waals surface area contributed by atoms with E-state index in [9.17, 15) is 14.9 Å². The molecule has 0 aliphatic carbocycles. The molecular weight excluding hydrogens is 418 g/mol. The van der Waals surface area contributed by atoms with E-state index in [0.29, 0.717) is 40.1 Å². The minimum atomic E-state index is -0.453. The zero-order valence-corrected chi connectivity index (χ0v) is 17.2. The molecule has 0 radical (unpaired) electrons. The number of nitrogens with zero attached hydrogens (tertiary/aromatic N) is 2. The third-order valence-electron chi connectivity index (χ3n) is 4.29. The number of amides is 1. The normalized spacial score (nSPS) is 16.0. The maximum atomic E-state index is 11.9. The molecule has 2 aromatic carbocycles. The van der Waals surface area contributed by atoms with Gasteiger partial charge in [0.2, 0.25) is 0 Å². The van der Waals surface area contributed by atoms with Gasteiger partial charge >= 0.3 is 0 Å². The molecule has 1 N–H and O–H groups in total. The zero-order chi connectivity index (χ0) is 21.8. The van der Waals surface area contributed by atoms with Crippen LogP contribution in [0, 0.1) is 10.1 Å². The number of carbonyl (C=O) groups is 1. The molecule has 4 rings (SSSR count). The second-order valence-corrected chi connectivity index (χ2v) is 7.43. The van der Waals surface area contributed by atoms with Crippen molar-refractivity contribution in [3.05, 3.63) is 81.4 Å². The van der Waals surface area contributed by atoms with E-state index in [-0.39, 0.29) is 10.9 Å². The van der Waals surface area contributed by atoms with Gasteiger partial charge in [0.15, 0.2) is 0 Å². The second kappa shape index (κ2) is 8.88. The fourth-order valence-electron chi connectivity index (χ4n) is 2.91. The maximum absolute atomic E-state index is 11.9. The zero-order valence-electron chi connectivity index (χ0n) is 16.4. The minimum absolute atomic E-state index is 0.0141. The van der Waals surface area contributed by atoms with Crippen molar-refractivity contribution in [2.45, 2.75) is 6.92 Å². The highest BCUT2D eigenvalue weighted by Crippen LogP contribution is 2.31. The predicted molar refractivity (Wildman–Crippen MR) is 120 cm³/mol. The number of rotatable bonds is 6. The number of amidine groups is 1. The average Bonchev–Trinajstić information content (AvgIpc) is 3.36. The molecule has 1 aliphatic heterocycles. The van der Waals surface area contributed by atoms with E-state index in [4.69, 9.17) is 9.15 Å². The van der Waals surface area contributed by atoms with Gasteiger partial charge in [-0.1, -0.05) is 12.1 Å². The van der Waals surface area contributed by atoms with Crippen LogP contribution in [0.2, 0.25) is 0 Å². The molecule has 0 bridgehead atoms. The van der Waals surface area contributed by atoms with Crippen molar-refractivity contribution >= 4 is 40.3 Å². The van der Waals surface area contributed by atoms with Crippen LogP contribution in [0.5, 0.6) is 5.75 Å². The van der Waals surface area contributed by atoms with E-state index in [0.717, 1.165) is 17.5 Å². The highest BCUT2D eigenvalue weighted by molar-refractivity contribution is 8.18. The van der Waals surface area contributed by atoms with Gasteiger partial charge < -0.3 is 14.5 Å². The van der Waals surface area contributed by atoms with Gasteiger partial charge in [0, 0.05) is 17.7 Å². The molecule has 0 saturated carbocycles. The topological polar surface area (TPSA) is 107 Å². The number of nitrogens with one attached hydrogen (secondary N) is 1. The standard InChI is InChI=1S/C22H17N3O5S/c1-2-29-17-8-6-15(7-9-17)23-21-20(31-22(26)24-21)13-18-10-11-19(30-18)14-4-3-5-16(12-14)25(27)28/h3-13H,2H2,1H3,(H,23,24,26)/b20-13-. The highest BCUT2D eigenvalue weighted by atomic mass is 32.2. The molecule has 31 heavy (non-hydrogen) atoms. The highest BCUT2D eigenvalue weighted by Gasteiger charge is 2.24. The monoisotopic (exact) mass is 435 g/mol. The molecule has 1 fully saturated rings. The molecule has 1 aliphatic rings. The van der Waals surface area contributed by atoms with Crippen molar-refractivity contribution in [3.63, 3.8) is 0 Å². The number of ether oxygens (including phenoxy) is 1. The molecule has 9 heteroatoms. The van der Waals surface area contributed by atoms with Gasteiger partial charge in [-0.15, -0.1) is 0 Å². The van der Waals surface area contributed by atoms with E-state index in [1.165, 1.54) is 12.1 Å². The Kier molecular flexibility index (Phi) is 5.85. The van der Waals surface area contributed by atoms with Gasteiger partial charge in [-0.05, 0) is 61.2 Å². The molecule has 0 atom stereocenters. The summed E-state index contributed by atoms with van der Waals surface area (Å²) < 4.78 is 11.2. The summed E-state index contributed by atoms with van der Waals surface area (Å²) in [7, 11) is 0. The first-order chi connectivity index (χ1) is 15.0. The molecule has 3 aromatic rings. The molecule has 2 heterocycles. The lowest BCUT2D eigenvalue weighted by atomic mass is 10.1. The van der Waals surface area contributed by atoms with Gasteiger partial charge in [-0.2, -0.15) is 0 Å². The SMILES string of the molecule is CCOc1ccc(N=C2NC(=O)S/C2=C\c2ccc(-c3cccc([N+](=O)[O-])c3)o2)cc1. The molecule has 0 unspecified atom stereocenters. The van der Waals surface area contributed by atoms with Gasteiger partial charge in [-0.3, -0.25) is 14.9 Å². The van der Waals surface area contributed by atoms with E-state index < -0.39 is 4.92 Å². The Hall–Kier alpha value is -3.85. The van der Waals surface area contributed by atoms with Crippen LogP contribution in [-0.2, 0) is 0 Å². The summed E-state index contributed by atoms with van der Waals surface area (Å²) in [6, 6.07) is 16.9. The van der Waals surface area contributed by atoms with E-state index in [1.807, 2.05) is 19.1 Å². The van der Waals surface area contributed by atoms with E-state index >= 15 is 0 Å². The van der Waals surface area contributed by atoms with Crippen LogP contribution >= 0.6 is 11.8 Å². The van der Waals surface area contributed by atoms with Gasteiger partial charge in [0.05, 0.1) is 22.1 Å². The number of carbonyl (C=O) groups excluding carboxylic acids is 1. The van der Waals surface area contributed by atoms with Crippen molar-refractivity contribution in [1.29, 1.82) is 0 Å². The summed E-state index contributed by atoms with van der Waals surface area (Å²) in [6.45, 7) is 2.49. The van der Waals surface area contributed by atoms with Crippen LogP contribution in [-0.4, -0.2) is 22.6 Å². The Morgan fingerprint density at radius 1 is 1.19 bits per heavy atom. The summed E-state index contributed by atoms with van der Waals surface area (Å²) in [6.07, 6.45) is 1.71. The summed E-state index contributed by atoms with van der Waals surface area (Å²) in [5, 5.41) is 13.5. The Morgan fingerprint density at radius 2 is 2.00 bits per heavy atom. The number of furan rings is 1. The number of hydrogen-bond donors (Lipinski definition) is 1. The number of thioether (sulfide) groups is 1.